The standard InChI is InChI=1S/C21H22N4O2/c1-14-22-20(24-17-12-16(26-2)8-9-19(17)27-3)13-21(23-14)25-11-10-15-6-4-5-7-18(15)25/h4-9,12-13H,10-11H2,1-3H3,(H,22,23,24). The fraction of sp³-hybridized carbons (Fsp3) is 0.238. The van der Waals surface area contributed by atoms with E-state index in [0.717, 1.165) is 36.0 Å². The second-order valence-corrected chi connectivity index (χ2v) is 6.38. The number of aryl methyl sites for hydroxylation is 1. The molecule has 4 rings (SSSR count). The second-order valence-electron chi connectivity index (χ2n) is 6.38. The maximum atomic E-state index is 5.45. The Morgan fingerprint density at radius 1 is 1.00 bits per heavy atom. The van der Waals surface area contributed by atoms with Gasteiger partial charge in [0.05, 0.1) is 19.9 Å². The number of para-hydroxylation sites is 1. The second kappa shape index (κ2) is 7.15. The molecule has 0 saturated heterocycles. The number of fused-ring (bicyclic) bond motifs is 1. The molecule has 2 aromatic carbocycles. The molecule has 0 radical (unpaired) electrons. The number of hydrogen-bond acceptors (Lipinski definition) is 6. The predicted octanol–water partition coefficient (Wildman–Crippen LogP) is 4.24. The maximum Gasteiger partial charge on any atom is 0.142 e. The Bertz CT molecular complexity index is 974. The zero-order valence-corrected chi connectivity index (χ0v) is 15.7. The smallest absolute Gasteiger partial charge is 0.142 e. The Balaban J connectivity index is 1.68. The molecule has 0 fully saturated rings. The molecule has 27 heavy (non-hydrogen) atoms. The summed E-state index contributed by atoms with van der Waals surface area (Å²) in [5.74, 6) is 3.78. The largest absolute Gasteiger partial charge is 0.497 e. The molecule has 0 bridgehead atoms. The fourth-order valence-electron chi connectivity index (χ4n) is 3.38. The summed E-state index contributed by atoms with van der Waals surface area (Å²) in [6.45, 7) is 2.82. The number of nitrogens with one attached hydrogen (secondary N) is 1. The minimum atomic E-state index is 0.709. The van der Waals surface area contributed by atoms with Gasteiger partial charge in [0.15, 0.2) is 0 Å². The van der Waals surface area contributed by atoms with Crippen molar-refractivity contribution in [1.82, 2.24) is 9.97 Å². The van der Waals surface area contributed by atoms with E-state index in [1.807, 2.05) is 31.2 Å². The van der Waals surface area contributed by atoms with Crippen molar-refractivity contribution in [3.05, 3.63) is 59.9 Å². The summed E-state index contributed by atoms with van der Waals surface area (Å²) in [7, 11) is 3.29. The lowest BCUT2D eigenvalue weighted by Crippen LogP contribution is -2.16. The van der Waals surface area contributed by atoms with Gasteiger partial charge in [-0.25, -0.2) is 9.97 Å². The molecule has 1 aromatic heterocycles. The van der Waals surface area contributed by atoms with Crippen molar-refractivity contribution in [1.29, 1.82) is 0 Å². The molecular formula is C21H22N4O2. The Morgan fingerprint density at radius 3 is 2.67 bits per heavy atom. The quantitative estimate of drug-likeness (QED) is 0.733. The first-order valence-electron chi connectivity index (χ1n) is 8.88. The van der Waals surface area contributed by atoms with E-state index in [2.05, 4.69) is 44.5 Å². The van der Waals surface area contributed by atoms with Crippen LogP contribution in [0.3, 0.4) is 0 Å². The SMILES string of the molecule is COc1ccc(OC)c(Nc2cc(N3CCc4ccccc43)nc(C)n2)c1. The molecule has 0 aliphatic carbocycles. The topological polar surface area (TPSA) is 59.5 Å². The maximum absolute atomic E-state index is 5.45. The number of aromatic nitrogens is 2. The Kier molecular flexibility index (Phi) is 4.54. The minimum Gasteiger partial charge on any atom is -0.497 e. The van der Waals surface area contributed by atoms with E-state index in [1.54, 1.807) is 14.2 Å². The number of benzene rings is 2. The van der Waals surface area contributed by atoms with E-state index in [0.29, 0.717) is 11.6 Å². The third-order valence-corrected chi connectivity index (χ3v) is 4.66. The molecule has 0 amide bonds. The van der Waals surface area contributed by atoms with Gasteiger partial charge in [-0.15, -0.1) is 0 Å². The van der Waals surface area contributed by atoms with Gasteiger partial charge in [0.2, 0.25) is 0 Å². The molecule has 6 heteroatoms. The summed E-state index contributed by atoms with van der Waals surface area (Å²) in [4.78, 5) is 11.4. The first-order chi connectivity index (χ1) is 13.2. The van der Waals surface area contributed by atoms with Crippen LogP contribution >= 0.6 is 0 Å². The summed E-state index contributed by atoms with van der Waals surface area (Å²) in [6.07, 6.45) is 1.02. The fourth-order valence-corrected chi connectivity index (χ4v) is 3.38. The molecule has 1 N–H and O–H groups in total. The van der Waals surface area contributed by atoms with Crippen LogP contribution in [0.1, 0.15) is 11.4 Å². The number of nitrogens with zero attached hydrogens (tertiary/aromatic N) is 3. The van der Waals surface area contributed by atoms with Crippen LogP contribution in [0.4, 0.5) is 23.0 Å². The Hall–Kier alpha value is -3.28. The van der Waals surface area contributed by atoms with Crippen LogP contribution in [0.15, 0.2) is 48.5 Å². The molecule has 138 valence electrons. The van der Waals surface area contributed by atoms with Crippen molar-refractivity contribution >= 4 is 23.0 Å². The summed E-state index contributed by atoms with van der Waals surface area (Å²) in [5, 5.41) is 3.34. The van der Waals surface area contributed by atoms with Gasteiger partial charge in [-0.2, -0.15) is 0 Å². The summed E-state index contributed by atoms with van der Waals surface area (Å²) < 4.78 is 10.8. The van der Waals surface area contributed by atoms with Gasteiger partial charge < -0.3 is 19.7 Å². The molecule has 2 heterocycles. The monoisotopic (exact) mass is 362 g/mol. The van der Waals surface area contributed by atoms with Crippen molar-refractivity contribution in [2.24, 2.45) is 0 Å². The van der Waals surface area contributed by atoms with Crippen LogP contribution in [-0.2, 0) is 6.42 Å². The van der Waals surface area contributed by atoms with Crippen molar-refractivity contribution in [3.63, 3.8) is 0 Å². The highest BCUT2D eigenvalue weighted by Gasteiger charge is 2.21. The van der Waals surface area contributed by atoms with Crippen LogP contribution < -0.4 is 19.7 Å². The zero-order valence-electron chi connectivity index (χ0n) is 15.7. The summed E-state index contributed by atoms with van der Waals surface area (Å²) in [6, 6.07) is 16.0. The molecule has 0 unspecified atom stereocenters. The molecule has 3 aromatic rings. The highest BCUT2D eigenvalue weighted by molar-refractivity contribution is 5.72. The van der Waals surface area contributed by atoms with E-state index < -0.39 is 0 Å². The molecule has 6 nitrogen and oxygen atoms in total. The predicted molar refractivity (Wildman–Crippen MR) is 107 cm³/mol. The van der Waals surface area contributed by atoms with Crippen LogP contribution in [0, 0.1) is 6.92 Å². The Labute approximate surface area is 158 Å². The zero-order chi connectivity index (χ0) is 18.8. The van der Waals surface area contributed by atoms with E-state index in [-0.39, 0.29) is 0 Å². The normalized spacial score (nSPS) is 12.6. The van der Waals surface area contributed by atoms with Gasteiger partial charge in [-0.1, -0.05) is 18.2 Å². The molecular weight excluding hydrogens is 340 g/mol. The van der Waals surface area contributed by atoms with Crippen LogP contribution in [-0.4, -0.2) is 30.7 Å². The lowest BCUT2D eigenvalue weighted by atomic mass is 10.2. The number of ether oxygens (including phenoxy) is 2. The molecule has 1 aliphatic rings. The van der Waals surface area contributed by atoms with Crippen molar-refractivity contribution in [2.75, 3.05) is 31.0 Å². The number of anilines is 4. The summed E-state index contributed by atoms with van der Waals surface area (Å²) >= 11 is 0. The highest BCUT2D eigenvalue weighted by atomic mass is 16.5. The molecule has 0 saturated carbocycles. The van der Waals surface area contributed by atoms with Crippen LogP contribution in [0.5, 0.6) is 11.5 Å². The number of hydrogen-bond donors (Lipinski definition) is 1. The van der Waals surface area contributed by atoms with E-state index in [9.17, 15) is 0 Å². The first kappa shape index (κ1) is 17.1. The van der Waals surface area contributed by atoms with E-state index in [4.69, 9.17) is 9.47 Å². The van der Waals surface area contributed by atoms with Crippen molar-refractivity contribution < 1.29 is 9.47 Å². The van der Waals surface area contributed by atoms with Gasteiger partial charge in [-0.3, -0.25) is 0 Å². The van der Waals surface area contributed by atoms with Crippen molar-refractivity contribution in [3.8, 4) is 11.5 Å². The highest BCUT2D eigenvalue weighted by Crippen LogP contribution is 2.35. The van der Waals surface area contributed by atoms with Gasteiger partial charge >= 0.3 is 0 Å². The Morgan fingerprint density at radius 2 is 1.85 bits per heavy atom. The van der Waals surface area contributed by atoms with Crippen molar-refractivity contribution in [2.45, 2.75) is 13.3 Å². The van der Waals surface area contributed by atoms with Gasteiger partial charge in [0.1, 0.15) is 29.0 Å². The van der Waals surface area contributed by atoms with E-state index >= 15 is 0 Å². The molecule has 0 spiro atoms. The molecule has 0 atom stereocenters. The lowest BCUT2D eigenvalue weighted by Gasteiger charge is -2.20. The number of methoxy groups -OCH3 is 2. The van der Waals surface area contributed by atoms with Crippen LogP contribution in [0.2, 0.25) is 0 Å². The van der Waals surface area contributed by atoms with E-state index in [1.165, 1.54) is 11.3 Å². The average Bonchev–Trinajstić information content (AvgIpc) is 3.11. The molecule has 1 aliphatic heterocycles. The number of rotatable bonds is 5. The van der Waals surface area contributed by atoms with Gasteiger partial charge in [0.25, 0.3) is 0 Å². The third kappa shape index (κ3) is 3.38. The van der Waals surface area contributed by atoms with Gasteiger partial charge in [0, 0.05) is 24.4 Å². The minimum absolute atomic E-state index is 0.709. The first-order valence-corrected chi connectivity index (χ1v) is 8.88. The van der Waals surface area contributed by atoms with Crippen LogP contribution in [0.25, 0.3) is 0 Å². The average molecular weight is 362 g/mol. The van der Waals surface area contributed by atoms with Gasteiger partial charge in [-0.05, 0) is 37.1 Å². The third-order valence-electron chi connectivity index (χ3n) is 4.66. The lowest BCUT2D eigenvalue weighted by molar-refractivity contribution is 0.405. The summed E-state index contributed by atoms with van der Waals surface area (Å²) in [5.41, 5.74) is 3.35.